The van der Waals surface area contributed by atoms with Gasteiger partial charge in [0.05, 0.1) is 0 Å². The predicted molar refractivity (Wildman–Crippen MR) is 58.1 cm³/mol. The Labute approximate surface area is 86.9 Å². The van der Waals surface area contributed by atoms with Gasteiger partial charge in [0, 0.05) is 18.6 Å². The molecule has 0 aromatic carbocycles. The molecule has 0 unspecified atom stereocenters. The third-order valence-corrected chi connectivity index (χ3v) is 3.00. The van der Waals surface area contributed by atoms with Crippen LogP contribution in [0, 0.1) is 0 Å². The van der Waals surface area contributed by atoms with E-state index in [1.165, 1.54) is 0 Å². The maximum Gasteiger partial charge on any atom is 0.220 e. The molecule has 3 nitrogen and oxygen atoms in total. The summed E-state index contributed by atoms with van der Waals surface area (Å²) < 4.78 is 0. The molecule has 0 rings (SSSR count). The highest BCUT2D eigenvalue weighted by atomic mass is 16.3. The summed E-state index contributed by atoms with van der Waals surface area (Å²) in [5.74, 6) is 0.0598. The third kappa shape index (κ3) is 4.09. The van der Waals surface area contributed by atoms with Crippen LogP contribution in [-0.4, -0.2) is 23.2 Å². The molecule has 1 amide bonds. The number of hydrogen-bond acceptors (Lipinski definition) is 2. The van der Waals surface area contributed by atoms with Crippen molar-refractivity contribution < 1.29 is 9.90 Å². The Morgan fingerprint density at radius 3 is 2.07 bits per heavy atom. The molecule has 0 spiro atoms. The molecule has 0 saturated heterocycles. The minimum atomic E-state index is -0.0352. The number of aliphatic hydroxyl groups is 1. The van der Waals surface area contributed by atoms with Crippen molar-refractivity contribution >= 4 is 5.91 Å². The van der Waals surface area contributed by atoms with Crippen LogP contribution < -0.4 is 5.32 Å². The number of amides is 1. The summed E-state index contributed by atoms with van der Waals surface area (Å²) in [4.78, 5) is 11.5. The van der Waals surface area contributed by atoms with E-state index in [4.69, 9.17) is 5.11 Å². The molecule has 0 saturated carbocycles. The van der Waals surface area contributed by atoms with Gasteiger partial charge in [-0.05, 0) is 25.7 Å². The number of carbonyl (C=O) groups excluding carboxylic acids is 1. The first kappa shape index (κ1) is 13.4. The number of nitrogens with one attached hydrogen (secondary N) is 1. The lowest BCUT2D eigenvalue weighted by Gasteiger charge is -2.31. The average molecular weight is 201 g/mol. The van der Waals surface area contributed by atoms with Gasteiger partial charge in [-0.2, -0.15) is 0 Å². The lowest BCUT2D eigenvalue weighted by molar-refractivity contribution is -0.123. The van der Waals surface area contributed by atoms with E-state index in [1.807, 2.05) is 0 Å². The van der Waals surface area contributed by atoms with Gasteiger partial charge in [-0.3, -0.25) is 4.79 Å². The lowest BCUT2D eigenvalue weighted by atomic mass is 9.89. The quantitative estimate of drug-likeness (QED) is 0.660. The molecule has 0 bridgehead atoms. The van der Waals surface area contributed by atoms with Crippen LogP contribution in [0.1, 0.15) is 52.9 Å². The largest absolute Gasteiger partial charge is 0.396 e. The summed E-state index contributed by atoms with van der Waals surface area (Å²) in [6, 6.07) is 0. The van der Waals surface area contributed by atoms with E-state index in [0.29, 0.717) is 12.8 Å². The average Bonchev–Trinajstić information content (AvgIpc) is 2.23. The van der Waals surface area contributed by atoms with Crippen LogP contribution in [0.4, 0.5) is 0 Å². The molecule has 0 aliphatic carbocycles. The van der Waals surface area contributed by atoms with Gasteiger partial charge in [-0.1, -0.05) is 20.8 Å². The molecule has 0 aromatic rings. The topological polar surface area (TPSA) is 49.3 Å². The number of aliphatic hydroxyl groups excluding tert-OH is 1. The highest BCUT2D eigenvalue weighted by Crippen LogP contribution is 2.19. The molecule has 0 aliphatic rings. The summed E-state index contributed by atoms with van der Waals surface area (Å²) in [6.45, 7) is 6.38. The fourth-order valence-corrected chi connectivity index (χ4v) is 1.61. The summed E-state index contributed by atoms with van der Waals surface area (Å²) in [5, 5.41) is 11.7. The van der Waals surface area contributed by atoms with Crippen molar-refractivity contribution in [2.45, 2.75) is 58.4 Å². The summed E-state index contributed by atoms with van der Waals surface area (Å²) in [5.41, 5.74) is -0.0352. The minimum absolute atomic E-state index is 0.0352. The van der Waals surface area contributed by atoms with Crippen LogP contribution in [-0.2, 0) is 4.79 Å². The molecule has 0 atom stereocenters. The molecule has 14 heavy (non-hydrogen) atoms. The van der Waals surface area contributed by atoms with Gasteiger partial charge in [0.1, 0.15) is 0 Å². The first-order valence-corrected chi connectivity index (χ1v) is 5.56. The van der Waals surface area contributed by atoms with E-state index in [0.717, 1.165) is 19.3 Å². The normalized spacial score (nSPS) is 11.4. The fraction of sp³-hybridized carbons (Fsp3) is 0.909. The van der Waals surface area contributed by atoms with Crippen LogP contribution >= 0.6 is 0 Å². The van der Waals surface area contributed by atoms with E-state index in [1.54, 1.807) is 0 Å². The third-order valence-electron chi connectivity index (χ3n) is 3.00. The Balaban J connectivity index is 4.08. The van der Waals surface area contributed by atoms with Crippen molar-refractivity contribution in [3.05, 3.63) is 0 Å². The predicted octanol–water partition coefficient (Wildman–Crippen LogP) is 1.84. The molecule has 0 heterocycles. The standard InChI is InChI=1S/C11H23NO2/c1-4-11(5-2,6-3)12-10(14)8-7-9-13/h13H,4-9H2,1-3H3,(H,12,14). The van der Waals surface area contributed by atoms with Crippen LogP contribution in [0.3, 0.4) is 0 Å². The molecule has 84 valence electrons. The molecule has 3 heteroatoms. The Morgan fingerprint density at radius 2 is 1.71 bits per heavy atom. The molecule has 0 aliphatic heterocycles. The molecular formula is C11H23NO2. The fourth-order valence-electron chi connectivity index (χ4n) is 1.61. The van der Waals surface area contributed by atoms with Gasteiger partial charge in [-0.25, -0.2) is 0 Å². The van der Waals surface area contributed by atoms with E-state index >= 15 is 0 Å². The second kappa shape index (κ2) is 6.82. The van der Waals surface area contributed by atoms with Gasteiger partial charge in [-0.15, -0.1) is 0 Å². The maximum atomic E-state index is 11.5. The van der Waals surface area contributed by atoms with Gasteiger partial charge >= 0.3 is 0 Å². The second-order valence-corrected chi connectivity index (χ2v) is 3.72. The Kier molecular flexibility index (Phi) is 6.54. The first-order chi connectivity index (χ1) is 6.64. The van der Waals surface area contributed by atoms with Crippen LogP contribution in [0.25, 0.3) is 0 Å². The van der Waals surface area contributed by atoms with E-state index < -0.39 is 0 Å². The van der Waals surface area contributed by atoms with Crippen molar-refractivity contribution in [1.82, 2.24) is 5.32 Å². The number of hydrogen-bond donors (Lipinski definition) is 2. The van der Waals surface area contributed by atoms with Crippen molar-refractivity contribution in [2.24, 2.45) is 0 Å². The Morgan fingerprint density at radius 1 is 1.21 bits per heavy atom. The van der Waals surface area contributed by atoms with Crippen LogP contribution in [0.5, 0.6) is 0 Å². The highest BCUT2D eigenvalue weighted by molar-refractivity contribution is 5.76. The second-order valence-electron chi connectivity index (χ2n) is 3.72. The van der Waals surface area contributed by atoms with Crippen molar-refractivity contribution in [3.8, 4) is 0 Å². The minimum Gasteiger partial charge on any atom is -0.396 e. The van der Waals surface area contributed by atoms with Gasteiger partial charge in [0.15, 0.2) is 0 Å². The Bertz CT molecular complexity index is 156. The zero-order chi connectivity index (χ0) is 11.0. The van der Waals surface area contributed by atoms with Crippen molar-refractivity contribution in [2.75, 3.05) is 6.61 Å². The maximum absolute atomic E-state index is 11.5. The van der Waals surface area contributed by atoms with E-state index in [-0.39, 0.29) is 18.1 Å². The van der Waals surface area contributed by atoms with E-state index in [2.05, 4.69) is 26.1 Å². The summed E-state index contributed by atoms with van der Waals surface area (Å²) in [7, 11) is 0. The molecule has 0 aromatic heterocycles. The van der Waals surface area contributed by atoms with Gasteiger partial charge in [0.2, 0.25) is 5.91 Å². The van der Waals surface area contributed by atoms with Gasteiger partial charge in [0.25, 0.3) is 0 Å². The van der Waals surface area contributed by atoms with Crippen LogP contribution in [0.2, 0.25) is 0 Å². The number of rotatable bonds is 7. The van der Waals surface area contributed by atoms with Crippen LogP contribution in [0.15, 0.2) is 0 Å². The zero-order valence-corrected chi connectivity index (χ0v) is 9.60. The molecule has 0 radical (unpaired) electrons. The molecule has 2 N–H and O–H groups in total. The SMILES string of the molecule is CCC(CC)(CC)NC(=O)CCCO. The first-order valence-electron chi connectivity index (χ1n) is 5.56. The molecular weight excluding hydrogens is 178 g/mol. The Hall–Kier alpha value is -0.570. The summed E-state index contributed by atoms with van der Waals surface area (Å²) in [6.07, 6.45) is 3.87. The van der Waals surface area contributed by atoms with Crippen molar-refractivity contribution in [3.63, 3.8) is 0 Å². The van der Waals surface area contributed by atoms with Crippen molar-refractivity contribution in [1.29, 1.82) is 0 Å². The number of carbonyl (C=O) groups is 1. The van der Waals surface area contributed by atoms with E-state index in [9.17, 15) is 4.79 Å². The monoisotopic (exact) mass is 201 g/mol. The smallest absolute Gasteiger partial charge is 0.220 e. The lowest BCUT2D eigenvalue weighted by Crippen LogP contribution is -2.47. The van der Waals surface area contributed by atoms with Gasteiger partial charge < -0.3 is 10.4 Å². The highest BCUT2D eigenvalue weighted by Gasteiger charge is 2.25. The summed E-state index contributed by atoms with van der Waals surface area (Å²) >= 11 is 0. The molecule has 0 fully saturated rings. The zero-order valence-electron chi connectivity index (χ0n) is 9.60.